The average molecular weight is 285 g/mol. The van der Waals surface area contributed by atoms with E-state index in [0.717, 1.165) is 16.8 Å². The molecule has 0 unspecified atom stereocenters. The molecule has 0 saturated heterocycles. The molecule has 0 amide bonds. The van der Waals surface area contributed by atoms with E-state index in [1.807, 2.05) is 43.3 Å². The van der Waals surface area contributed by atoms with Gasteiger partial charge in [0, 0.05) is 11.8 Å². The van der Waals surface area contributed by atoms with E-state index in [2.05, 4.69) is 4.99 Å². The maximum Gasteiger partial charge on any atom is 0.203 e. The van der Waals surface area contributed by atoms with Crippen LogP contribution >= 0.6 is 0 Å². The molecule has 0 spiro atoms. The van der Waals surface area contributed by atoms with Crippen LogP contribution in [-0.2, 0) is 0 Å². The number of nitrogens with zero attached hydrogens (tertiary/aromatic N) is 1. The Kier molecular flexibility index (Phi) is 4.82. The number of hydrogen-bond donors (Lipinski definition) is 0. The van der Waals surface area contributed by atoms with Crippen LogP contribution in [0, 0.1) is 6.92 Å². The molecule has 0 aliphatic rings. The smallest absolute Gasteiger partial charge is 0.203 e. The Morgan fingerprint density at radius 2 is 1.57 bits per heavy atom. The molecule has 4 heteroatoms. The highest BCUT2D eigenvalue weighted by atomic mass is 16.5. The highest BCUT2D eigenvalue weighted by molar-refractivity contribution is 5.89. The molecule has 21 heavy (non-hydrogen) atoms. The summed E-state index contributed by atoms with van der Waals surface area (Å²) in [6, 6.07) is 11.7. The summed E-state index contributed by atoms with van der Waals surface area (Å²) in [4.78, 5) is 4.48. The fraction of sp³-hybridized carbons (Fsp3) is 0.235. The fourth-order valence-corrected chi connectivity index (χ4v) is 2.11. The SMILES string of the molecule is COc1cc(C)c(C=Nc2ccccc2)c(OC)c1OC. The van der Waals surface area contributed by atoms with Crippen molar-refractivity contribution in [2.75, 3.05) is 21.3 Å². The molecule has 0 fully saturated rings. The van der Waals surface area contributed by atoms with E-state index in [4.69, 9.17) is 14.2 Å². The summed E-state index contributed by atoms with van der Waals surface area (Å²) in [5.74, 6) is 1.83. The van der Waals surface area contributed by atoms with Crippen molar-refractivity contribution in [3.05, 3.63) is 47.5 Å². The zero-order valence-electron chi connectivity index (χ0n) is 12.7. The predicted octanol–water partition coefficient (Wildman–Crippen LogP) is 3.77. The van der Waals surface area contributed by atoms with Gasteiger partial charge in [-0.2, -0.15) is 0 Å². The Morgan fingerprint density at radius 1 is 0.905 bits per heavy atom. The first-order valence-corrected chi connectivity index (χ1v) is 6.60. The summed E-state index contributed by atoms with van der Waals surface area (Å²) in [5, 5.41) is 0. The Bertz CT molecular complexity index is 636. The second kappa shape index (κ2) is 6.79. The van der Waals surface area contributed by atoms with Crippen molar-refractivity contribution in [2.24, 2.45) is 4.99 Å². The molecule has 0 aliphatic heterocycles. The van der Waals surface area contributed by atoms with Gasteiger partial charge in [0.15, 0.2) is 11.5 Å². The van der Waals surface area contributed by atoms with Crippen molar-refractivity contribution in [1.29, 1.82) is 0 Å². The molecule has 0 N–H and O–H groups in total. The molecule has 0 atom stereocenters. The number of benzene rings is 2. The zero-order valence-corrected chi connectivity index (χ0v) is 12.7. The van der Waals surface area contributed by atoms with Crippen molar-refractivity contribution in [3.8, 4) is 17.2 Å². The minimum atomic E-state index is 0.570. The van der Waals surface area contributed by atoms with Crippen LogP contribution < -0.4 is 14.2 Å². The van der Waals surface area contributed by atoms with Gasteiger partial charge in [-0.3, -0.25) is 4.99 Å². The highest BCUT2D eigenvalue weighted by Gasteiger charge is 2.17. The van der Waals surface area contributed by atoms with E-state index in [1.165, 1.54) is 0 Å². The van der Waals surface area contributed by atoms with Crippen molar-refractivity contribution in [2.45, 2.75) is 6.92 Å². The lowest BCUT2D eigenvalue weighted by Crippen LogP contribution is -2.01. The van der Waals surface area contributed by atoms with Crippen LogP contribution in [0.1, 0.15) is 11.1 Å². The van der Waals surface area contributed by atoms with Gasteiger partial charge >= 0.3 is 0 Å². The first-order valence-electron chi connectivity index (χ1n) is 6.60. The topological polar surface area (TPSA) is 40.0 Å². The first kappa shape index (κ1) is 14.9. The zero-order chi connectivity index (χ0) is 15.2. The summed E-state index contributed by atoms with van der Waals surface area (Å²) >= 11 is 0. The monoisotopic (exact) mass is 285 g/mol. The van der Waals surface area contributed by atoms with Crippen LogP contribution in [-0.4, -0.2) is 27.5 Å². The molecule has 2 aromatic carbocycles. The lowest BCUT2D eigenvalue weighted by Gasteiger charge is -2.16. The Morgan fingerprint density at radius 3 is 2.14 bits per heavy atom. The van der Waals surface area contributed by atoms with E-state index in [0.29, 0.717) is 17.2 Å². The maximum absolute atomic E-state index is 5.48. The normalized spacial score (nSPS) is 10.7. The Balaban J connectivity index is 2.50. The van der Waals surface area contributed by atoms with Crippen LogP contribution in [0.25, 0.3) is 0 Å². The Hall–Kier alpha value is -2.49. The summed E-state index contributed by atoms with van der Waals surface area (Å²) in [6.45, 7) is 1.98. The van der Waals surface area contributed by atoms with Crippen LogP contribution in [0.2, 0.25) is 0 Å². The highest BCUT2D eigenvalue weighted by Crippen LogP contribution is 2.41. The summed E-state index contributed by atoms with van der Waals surface area (Å²) < 4.78 is 16.2. The van der Waals surface area contributed by atoms with E-state index in [9.17, 15) is 0 Å². The summed E-state index contributed by atoms with van der Waals surface area (Å²) in [7, 11) is 4.80. The number of para-hydroxylation sites is 1. The van der Waals surface area contributed by atoms with Crippen molar-refractivity contribution in [1.82, 2.24) is 0 Å². The molecule has 0 aromatic heterocycles. The summed E-state index contributed by atoms with van der Waals surface area (Å²) in [6.07, 6.45) is 1.78. The average Bonchev–Trinajstić information content (AvgIpc) is 2.53. The molecule has 2 rings (SSSR count). The third-order valence-corrected chi connectivity index (χ3v) is 3.17. The predicted molar refractivity (Wildman–Crippen MR) is 84.5 cm³/mol. The van der Waals surface area contributed by atoms with E-state index in [-0.39, 0.29) is 0 Å². The van der Waals surface area contributed by atoms with Gasteiger partial charge in [0.05, 0.1) is 27.0 Å². The van der Waals surface area contributed by atoms with Gasteiger partial charge in [-0.05, 0) is 30.7 Å². The summed E-state index contributed by atoms with van der Waals surface area (Å²) in [5.41, 5.74) is 2.76. The van der Waals surface area contributed by atoms with Crippen LogP contribution in [0.15, 0.2) is 41.4 Å². The first-order chi connectivity index (χ1) is 10.2. The molecule has 2 aromatic rings. The minimum Gasteiger partial charge on any atom is -0.493 e. The number of hydrogen-bond acceptors (Lipinski definition) is 4. The second-order valence-electron chi connectivity index (χ2n) is 4.47. The standard InChI is InChI=1S/C17H19NO3/c1-12-10-15(19-2)17(21-4)16(20-3)14(12)11-18-13-8-6-5-7-9-13/h5-11H,1-4H3. The lowest BCUT2D eigenvalue weighted by molar-refractivity contribution is 0.323. The Labute approximate surface area is 125 Å². The van der Waals surface area contributed by atoms with Gasteiger partial charge in [0.25, 0.3) is 0 Å². The third kappa shape index (κ3) is 3.16. The number of rotatable bonds is 5. The maximum atomic E-state index is 5.48. The molecule has 4 nitrogen and oxygen atoms in total. The van der Waals surface area contributed by atoms with Gasteiger partial charge < -0.3 is 14.2 Å². The van der Waals surface area contributed by atoms with Gasteiger partial charge in [0.1, 0.15) is 0 Å². The molecule has 0 saturated carbocycles. The third-order valence-electron chi connectivity index (χ3n) is 3.17. The van der Waals surface area contributed by atoms with Crippen LogP contribution in [0.3, 0.4) is 0 Å². The molecule has 110 valence electrons. The number of aryl methyl sites for hydroxylation is 1. The van der Waals surface area contributed by atoms with Crippen LogP contribution in [0.4, 0.5) is 5.69 Å². The minimum absolute atomic E-state index is 0.570. The molecular formula is C17H19NO3. The van der Waals surface area contributed by atoms with E-state index >= 15 is 0 Å². The van der Waals surface area contributed by atoms with Crippen molar-refractivity contribution in [3.63, 3.8) is 0 Å². The quantitative estimate of drug-likeness (QED) is 0.785. The number of methoxy groups -OCH3 is 3. The van der Waals surface area contributed by atoms with Gasteiger partial charge in [-0.25, -0.2) is 0 Å². The molecule has 0 bridgehead atoms. The second-order valence-corrected chi connectivity index (χ2v) is 4.47. The molecule has 0 heterocycles. The van der Waals surface area contributed by atoms with E-state index < -0.39 is 0 Å². The molecule has 0 aliphatic carbocycles. The molecular weight excluding hydrogens is 266 g/mol. The van der Waals surface area contributed by atoms with Crippen LogP contribution in [0.5, 0.6) is 17.2 Å². The van der Waals surface area contributed by atoms with Crippen molar-refractivity contribution >= 4 is 11.9 Å². The lowest BCUT2D eigenvalue weighted by atomic mass is 10.1. The van der Waals surface area contributed by atoms with Gasteiger partial charge in [-0.1, -0.05) is 18.2 Å². The van der Waals surface area contributed by atoms with E-state index in [1.54, 1.807) is 27.5 Å². The van der Waals surface area contributed by atoms with Gasteiger partial charge in [-0.15, -0.1) is 0 Å². The molecule has 0 radical (unpaired) electrons. The number of ether oxygens (including phenoxy) is 3. The van der Waals surface area contributed by atoms with Crippen molar-refractivity contribution < 1.29 is 14.2 Å². The largest absolute Gasteiger partial charge is 0.493 e. The number of aliphatic imine (C=N–C) groups is 1. The van der Waals surface area contributed by atoms with Gasteiger partial charge in [0.2, 0.25) is 5.75 Å². The fourth-order valence-electron chi connectivity index (χ4n) is 2.11.